The van der Waals surface area contributed by atoms with Crippen molar-refractivity contribution in [3.05, 3.63) is 76.5 Å². The van der Waals surface area contributed by atoms with Crippen molar-refractivity contribution < 1.29 is 17.9 Å². The van der Waals surface area contributed by atoms with Crippen molar-refractivity contribution in [1.29, 1.82) is 0 Å². The van der Waals surface area contributed by atoms with Crippen molar-refractivity contribution in [3.63, 3.8) is 0 Å². The van der Waals surface area contributed by atoms with Gasteiger partial charge in [-0.15, -0.1) is 11.3 Å². The van der Waals surface area contributed by atoms with E-state index >= 15 is 0 Å². The van der Waals surface area contributed by atoms with Crippen LogP contribution < -0.4 is 14.8 Å². The number of thiophene rings is 1. The van der Waals surface area contributed by atoms with Crippen LogP contribution in [0.2, 0.25) is 0 Å². The molecule has 152 valence electrons. The van der Waals surface area contributed by atoms with Gasteiger partial charge in [-0.05, 0) is 48.2 Å². The summed E-state index contributed by atoms with van der Waals surface area (Å²) in [6.07, 6.45) is 0.228. The van der Waals surface area contributed by atoms with Crippen molar-refractivity contribution in [3.8, 4) is 5.75 Å². The first kappa shape index (κ1) is 20.9. The molecule has 29 heavy (non-hydrogen) atoms. The number of carbonyl (C=O) groups excluding carboxylic acids is 1. The molecule has 0 saturated heterocycles. The molecular formula is C21H22N2O4S2. The minimum atomic E-state index is -3.79. The number of ether oxygens (including phenoxy) is 1. The van der Waals surface area contributed by atoms with Crippen LogP contribution in [0.3, 0.4) is 0 Å². The molecule has 1 amide bonds. The van der Waals surface area contributed by atoms with Crippen LogP contribution in [-0.4, -0.2) is 20.9 Å². The monoisotopic (exact) mass is 430 g/mol. The third-order valence-corrected chi connectivity index (χ3v) is 6.35. The molecule has 8 heteroatoms. The summed E-state index contributed by atoms with van der Waals surface area (Å²) in [4.78, 5) is 13.2. The van der Waals surface area contributed by atoms with Gasteiger partial charge >= 0.3 is 0 Å². The Morgan fingerprint density at radius 2 is 1.79 bits per heavy atom. The molecule has 3 aromatic rings. The van der Waals surface area contributed by atoms with E-state index in [0.29, 0.717) is 24.6 Å². The summed E-state index contributed by atoms with van der Waals surface area (Å²) in [5, 5.41) is 4.84. The molecule has 0 spiro atoms. The van der Waals surface area contributed by atoms with E-state index in [1.54, 1.807) is 60.7 Å². The first-order chi connectivity index (χ1) is 14.0. The fraction of sp³-hybridized carbons (Fsp3) is 0.190. The van der Waals surface area contributed by atoms with Gasteiger partial charge in [-0.1, -0.05) is 30.3 Å². The molecule has 2 aromatic carbocycles. The van der Waals surface area contributed by atoms with Crippen LogP contribution in [0, 0.1) is 0 Å². The number of hydrogen-bond donors (Lipinski definition) is 2. The van der Waals surface area contributed by atoms with Crippen molar-refractivity contribution in [2.45, 2.75) is 24.8 Å². The molecule has 0 aliphatic rings. The first-order valence-electron chi connectivity index (χ1n) is 9.10. The number of anilines is 1. The van der Waals surface area contributed by atoms with Crippen LogP contribution in [-0.2, 0) is 27.8 Å². The van der Waals surface area contributed by atoms with Crippen LogP contribution in [0.5, 0.6) is 5.75 Å². The highest BCUT2D eigenvalue weighted by atomic mass is 32.2. The summed E-state index contributed by atoms with van der Waals surface area (Å²) >= 11 is 1.59. The highest BCUT2D eigenvalue weighted by Crippen LogP contribution is 2.25. The van der Waals surface area contributed by atoms with Crippen LogP contribution in [0.4, 0.5) is 5.69 Å². The molecule has 0 bridgehead atoms. The van der Waals surface area contributed by atoms with Crippen molar-refractivity contribution in [2.75, 3.05) is 11.3 Å². The number of benzene rings is 2. The molecule has 0 aliphatic carbocycles. The maximum absolute atomic E-state index is 12.7. The Kier molecular flexibility index (Phi) is 6.90. The topological polar surface area (TPSA) is 84.5 Å². The largest absolute Gasteiger partial charge is 0.492 e. The zero-order valence-corrected chi connectivity index (χ0v) is 17.6. The van der Waals surface area contributed by atoms with Gasteiger partial charge in [-0.25, -0.2) is 8.42 Å². The molecule has 0 unspecified atom stereocenters. The van der Waals surface area contributed by atoms with E-state index in [2.05, 4.69) is 10.0 Å². The Hall–Kier alpha value is -2.84. The van der Waals surface area contributed by atoms with E-state index in [9.17, 15) is 13.2 Å². The maximum Gasteiger partial charge on any atom is 0.265 e. The number of hydrogen-bond acceptors (Lipinski definition) is 5. The summed E-state index contributed by atoms with van der Waals surface area (Å²) in [6, 6.07) is 17.2. The summed E-state index contributed by atoms with van der Waals surface area (Å²) in [5.74, 6) is 0.221. The van der Waals surface area contributed by atoms with Crippen LogP contribution in [0.1, 0.15) is 17.4 Å². The standard InChI is InChI=1S/C21H22N2O4S2/c1-2-27-19-7-3-4-8-20(19)29(25,26)23-17-11-9-16(10-12-17)14-21(24)22-15-18-6-5-13-28-18/h3-13,23H,2,14-15H2,1H3,(H,22,24). The van der Waals surface area contributed by atoms with Gasteiger partial charge in [-0.3, -0.25) is 9.52 Å². The Balaban J connectivity index is 1.62. The zero-order chi connectivity index (χ0) is 20.7. The fourth-order valence-corrected chi connectivity index (χ4v) is 4.54. The highest BCUT2D eigenvalue weighted by Gasteiger charge is 2.19. The number of carbonyl (C=O) groups is 1. The van der Waals surface area contributed by atoms with E-state index in [4.69, 9.17) is 4.74 Å². The predicted molar refractivity (Wildman–Crippen MR) is 115 cm³/mol. The van der Waals surface area contributed by atoms with Crippen LogP contribution in [0.25, 0.3) is 0 Å². The third kappa shape index (κ3) is 5.82. The number of sulfonamides is 1. The normalized spacial score (nSPS) is 11.1. The summed E-state index contributed by atoms with van der Waals surface area (Å²) in [5.41, 5.74) is 1.21. The summed E-state index contributed by atoms with van der Waals surface area (Å²) in [6.45, 7) is 2.68. The van der Waals surface area contributed by atoms with Gasteiger partial charge < -0.3 is 10.1 Å². The lowest BCUT2D eigenvalue weighted by Gasteiger charge is -2.12. The molecule has 0 saturated carbocycles. The molecule has 0 atom stereocenters. The van der Waals surface area contributed by atoms with Crippen molar-refractivity contribution in [1.82, 2.24) is 5.32 Å². The van der Waals surface area contributed by atoms with E-state index in [1.807, 2.05) is 17.5 Å². The summed E-state index contributed by atoms with van der Waals surface area (Å²) in [7, 11) is -3.79. The molecule has 3 rings (SSSR count). The lowest BCUT2D eigenvalue weighted by Crippen LogP contribution is -2.24. The maximum atomic E-state index is 12.7. The summed E-state index contributed by atoms with van der Waals surface area (Å²) < 4.78 is 33.4. The Bertz CT molecular complexity index is 1050. The quantitative estimate of drug-likeness (QED) is 0.541. The second-order valence-corrected chi connectivity index (χ2v) is 8.90. The second-order valence-electron chi connectivity index (χ2n) is 6.22. The molecule has 0 fully saturated rings. The van der Waals surface area contributed by atoms with E-state index < -0.39 is 10.0 Å². The van der Waals surface area contributed by atoms with E-state index in [1.165, 1.54) is 6.07 Å². The SMILES string of the molecule is CCOc1ccccc1S(=O)(=O)Nc1ccc(CC(=O)NCc2cccs2)cc1. The van der Waals surface area contributed by atoms with Gasteiger partial charge in [0.2, 0.25) is 5.91 Å². The second kappa shape index (κ2) is 9.58. The first-order valence-corrected chi connectivity index (χ1v) is 11.5. The number of amides is 1. The Morgan fingerprint density at radius 1 is 1.03 bits per heavy atom. The number of nitrogens with one attached hydrogen (secondary N) is 2. The van der Waals surface area contributed by atoms with Crippen molar-refractivity contribution >= 4 is 33.0 Å². The van der Waals surface area contributed by atoms with Crippen LogP contribution in [0.15, 0.2) is 70.9 Å². The average Bonchev–Trinajstić information content (AvgIpc) is 3.22. The molecule has 1 aromatic heterocycles. The third-order valence-electron chi connectivity index (χ3n) is 4.05. The molecule has 0 radical (unpaired) electrons. The van der Waals surface area contributed by atoms with Gasteiger partial charge in [0.1, 0.15) is 10.6 Å². The van der Waals surface area contributed by atoms with Gasteiger partial charge in [0, 0.05) is 10.6 Å². The average molecular weight is 431 g/mol. The lowest BCUT2D eigenvalue weighted by molar-refractivity contribution is -0.120. The fourth-order valence-electron chi connectivity index (χ4n) is 2.69. The lowest BCUT2D eigenvalue weighted by atomic mass is 10.1. The minimum Gasteiger partial charge on any atom is -0.492 e. The van der Waals surface area contributed by atoms with Gasteiger partial charge in [0.05, 0.1) is 19.6 Å². The molecular weight excluding hydrogens is 408 g/mol. The van der Waals surface area contributed by atoms with E-state index in [0.717, 1.165) is 10.4 Å². The van der Waals surface area contributed by atoms with Crippen LogP contribution >= 0.6 is 11.3 Å². The zero-order valence-electron chi connectivity index (χ0n) is 15.9. The Morgan fingerprint density at radius 3 is 2.48 bits per heavy atom. The number of para-hydroxylation sites is 1. The van der Waals surface area contributed by atoms with Gasteiger partial charge in [-0.2, -0.15) is 0 Å². The number of rotatable bonds is 9. The predicted octanol–water partition coefficient (Wildman–Crippen LogP) is 3.81. The minimum absolute atomic E-state index is 0.0823. The van der Waals surface area contributed by atoms with Gasteiger partial charge in [0.25, 0.3) is 10.0 Å². The Labute approximate surface area is 174 Å². The van der Waals surface area contributed by atoms with Gasteiger partial charge in [0.15, 0.2) is 0 Å². The highest BCUT2D eigenvalue weighted by molar-refractivity contribution is 7.92. The molecule has 2 N–H and O–H groups in total. The van der Waals surface area contributed by atoms with E-state index in [-0.39, 0.29) is 17.2 Å². The van der Waals surface area contributed by atoms with Crippen molar-refractivity contribution in [2.24, 2.45) is 0 Å². The smallest absolute Gasteiger partial charge is 0.265 e. The molecule has 0 aliphatic heterocycles. The molecule has 6 nitrogen and oxygen atoms in total. The molecule has 1 heterocycles.